The normalized spacial score (nSPS) is 14.1. The number of hydrogen-bond acceptors (Lipinski definition) is 8. The molecule has 2 aromatic rings. The first-order chi connectivity index (χ1) is 17.9. The molecule has 4 atom stereocenters. The molecular weight excluding hydrogens is 506 g/mol. The summed E-state index contributed by atoms with van der Waals surface area (Å²) in [5, 5.41) is 44.0. The molecule has 206 valence electrons. The summed E-state index contributed by atoms with van der Waals surface area (Å²) in [5.74, 6) is -7.12. The van der Waals surface area contributed by atoms with Gasteiger partial charge >= 0.3 is 17.9 Å². The van der Waals surface area contributed by atoms with E-state index in [9.17, 15) is 39.0 Å². The molecule has 15 nitrogen and oxygen atoms in total. The van der Waals surface area contributed by atoms with Crippen LogP contribution >= 0.6 is 0 Å². The van der Waals surface area contributed by atoms with Crippen molar-refractivity contribution in [2.75, 3.05) is 6.61 Å². The number of aromatic amines is 1. The van der Waals surface area contributed by atoms with E-state index in [2.05, 4.69) is 20.9 Å². The van der Waals surface area contributed by atoms with Crippen LogP contribution in [-0.4, -0.2) is 91.8 Å². The van der Waals surface area contributed by atoms with Crippen LogP contribution in [0.5, 0.6) is 0 Å². The maximum absolute atomic E-state index is 13.1. The Morgan fingerprint density at radius 2 is 1.45 bits per heavy atom. The van der Waals surface area contributed by atoms with Crippen LogP contribution in [0.2, 0.25) is 0 Å². The third kappa shape index (κ3) is 8.56. The predicted octanol–water partition coefficient (Wildman–Crippen LogP) is -2.09. The van der Waals surface area contributed by atoms with Crippen LogP contribution in [0.25, 0.3) is 10.9 Å². The lowest BCUT2D eigenvalue weighted by Crippen LogP contribution is -2.58. The van der Waals surface area contributed by atoms with Crippen LogP contribution in [0.15, 0.2) is 30.5 Å². The summed E-state index contributed by atoms with van der Waals surface area (Å²) < 4.78 is 0. The maximum Gasteiger partial charge on any atom is 0.326 e. The van der Waals surface area contributed by atoms with Gasteiger partial charge in [0, 0.05) is 29.9 Å². The number of rotatable bonds is 15. The number of carbonyl (C=O) groups excluding carboxylic acids is 3. The Hall–Kier alpha value is -4.50. The number of amides is 3. The molecule has 0 aliphatic heterocycles. The minimum Gasteiger partial charge on any atom is -0.481 e. The fourth-order valence-electron chi connectivity index (χ4n) is 3.55. The number of nitrogens with two attached hydrogens (primary N) is 1. The van der Waals surface area contributed by atoms with E-state index in [-0.39, 0.29) is 6.42 Å². The Kier molecular flexibility index (Phi) is 10.7. The van der Waals surface area contributed by atoms with Crippen LogP contribution in [0.3, 0.4) is 0 Å². The number of aliphatic hydroxyl groups excluding tert-OH is 1. The Labute approximate surface area is 215 Å². The Morgan fingerprint density at radius 3 is 2.05 bits per heavy atom. The number of benzene rings is 1. The van der Waals surface area contributed by atoms with Crippen LogP contribution in [-0.2, 0) is 35.2 Å². The molecule has 0 bridgehead atoms. The zero-order valence-electron chi connectivity index (χ0n) is 20.0. The molecule has 0 aliphatic carbocycles. The first-order valence-corrected chi connectivity index (χ1v) is 11.4. The van der Waals surface area contributed by atoms with E-state index >= 15 is 0 Å². The molecule has 0 saturated carbocycles. The molecule has 4 unspecified atom stereocenters. The van der Waals surface area contributed by atoms with Gasteiger partial charge in [0.05, 0.1) is 19.1 Å². The number of carbonyl (C=O) groups is 6. The second-order valence-electron chi connectivity index (χ2n) is 8.40. The molecule has 0 radical (unpaired) electrons. The number of nitrogens with one attached hydrogen (secondary N) is 4. The summed E-state index contributed by atoms with van der Waals surface area (Å²) in [6, 6.07) is 0.991. The highest BCUT2D eigenvalue weighted by Gasteiger charge is 2.31. The number of aliphatic hydroxyl groups is 1. The number of hydrogen-bond donors (Lipinski definition) is 9. The van der Waals surface area contributed by atoms with Gasteiger partial charge in [-0.1, -0.05) is 18.2 Å². The van der Waals surface area contributed by atoms with Gasteiger partial charge < -0.3 is 47.1 Å². The number of para-hydroxylation sites is 1. The molecule has 0 saturated heterocycles. The number of H-pyrrole nitrogens is 1. The van der Waals surface area contributed by atoms with E-state index in [0.717, 1.165) is 10.9 Å². The van der Waals surface area contributed by atoms with Gasteiger partial charge in [0.15, 0.2) is 0 Å². The second-order valence-corrected chi connectivity index (χ2v) is 8.40. The average molecular weight is 536 g/mol. The Morgan fingerprint density at radius 1 is 0.842 bits per heavy atom. The third-order valence-corrected chi connectivity index (χ3v) is 5.54. The minimum absolute atomic E-state index is 0.114. The van der Waals surface area contributed by atoms with Gasteiger partial charge in [0.25, 0.3) is 0 Å². The molecule has 0 spiro atoms. The average Bonchev–Trinajstić information content (AvgIpc) is 3.26. The summed E-state index contributed by atoms with van der Waals surface area (Å²) in [6.07, 6.45) is -0.213. The molecule has 10 N–H and O–H groups in total. The van der Waals surface area contributed by atoms with Gasteiger partial charge in [-0.25, -0.2) is 4.79 Å². The van der Waals surface area contributed by atoms with E-state index in [4.69, 9.17) is 15.9 Å². The van der Waals surface area contributed by atoms with Crippen molar-refractivity contribution >= 4 is 46.5 Å². The van der Waals surface area contributed by atoms with E-state index in [1.165, 1.54) is 0 Å². The predicted molar refractivity (Wildman–Crippen MR) is 130 cm³/mol. The SMILES string of the molecule is NC(CC(=O)O)C(=O)NC(Cc1c[nH]c2ccccc12)C(=O)NC(CO)C(=O)NC(CCC(=O)O)C(=O)O. The molecule has 2 rings (SSSR count). The van der Waals surface area contributed by atoms with E-state index in [1.54, 1.807) is 30.5 Å². The highest BCUT2D eigenvalue weighted by atomic mass is 16.4. The smallest absolute Gasteiger partial charge is 0.326 e. The summed E-state index contributed by atoms with van der Waals surface area (Å²) in [7, 11) is 0. The van der Waals surface area contributed by atoms with Crippen molar-refractivity contribution in [2.45, 2.75) is 49.9 Å². The van der Waals surface area contributed by atoms with Gasteiger partial charge in [-0.2, -0.15) is 0 Å². The number of carboxylic acid groups (broad SMARTS) is 3. The van der Waals surface area contributed by atoms with Crippen molar-refractivity contribution in [3.05, 3.63) is 36.0 Å². The fraction of sp³-hybridized carbons (Fsp3) is 0.391. The number of aliphatic carboxylic acids is 3. The largest absolute Gasteiger partial charge is 0.481 e. The number of carboxylic acids is 3. The number of fused-ring (bicyclic) bond motifs is 1. The standard InChI is InChI=1S/C23H29N5O10/c24-13(8-19(32)33)20(34)27-16(7-11-9-25-14-4-2-1-3-12(11)14)21(35)28-17(10-29)22(36)26-15(23(37)38)5-6-18(30)31/h1-4,9,13,15-17,25,29H,5-8,10,24H2,(H,26,36)(H,27,34)(H,28,35)(H,30,31)(H,32,33)(H,37,38). The molecule has 3 amide bonds. The van der Waals surface area contributed by atoms with E-state index < -0.39 is 85.7 Å². The molecular formula is C23H29N5O10. The van der Waals surface area contributed by atoms with Gasteiger partial charge in [0.2, 0.25) is 17.7 Å². The van der Waals surface area contributed by atoms with Crippen molar-refractivity contribution in [2.24, 2.45) is 5.73 Å². The maximum atomic E-state index is 13.1. The van der Waals surface area contributed by atoms with Crippen LogP contribution in [0.4, 0.5) is 0 Å². The first-order valence-electron chi connectivity index (χ1n) is 11.4. The van der Waals surface area contributed by atoms with Crippen molar-refractivity contribution in [3.63, 3.8) is 0 Å². The van der Waals surface area contributed by atoms with Crippen LogP contribution in [0.1, 0.15) is 24.8 Å². The van der Waals surface area contributed by atoms with Crippen molar-refractivity contribution in [1.29, 1.82) is 0 Å². The molecule has 1 aromatic heterocycles. The topological polar surface area (TPSA) is 261 Å². The lowest BCUT2D eigenvalue weighted by atomic mass is 10.0. The minimum atomic E-state index is -1.65. The Bertz CT molecular complexity index is 1200. The van der Waals surface area contributed by atoms with Crippen molar-refractivity contribution in [3.8, 4) is 0 Å². The first kappa shape index (κ1) is 29.7. The zero-order valence-corrected chi connectivity index (χ0v) is 20.0. The monoisotopic (exact) mass is 535 g/mol. The molecule has 15 heteroatoms. The van der Waals surface area contributed by atoms with Gasteiger partial charge in [-0.05, 0) is 18.1 Å². The second kappa shape index (κ2) is 13.7. The fourth-order valence-corrected chi connectivity index (χ4v) is 3.55. The highest BCUT2D eigenvalue weighted by molar-refractivity contribution is 5.95. The molecule has 0 aliphatic rings. The molecule has 1 heterocycles. The van der Waals surface area contributed by atoms with Crippen LogP contribution < -0.4 is 21.7 Å². The van der Waals surface area contributed by atoms with Crippen LogP contribution in [0, 0.1) is 0 Å². The zero-order chi connectivity index (χ0) is 28.4. The van der Waals surface area contributed by atoms with Crippen molar-refractivity contribution in [1.82, 2.24) is 20.9 Å². The molecule has 38 heavy (non-hydrogen) atoms. The summed E-state index contributed by atoms with van der Waals surface area (Å²) in [5.41, 5.74) is 6.94. The third-order valence-electron chi connectivity index (χ3n) is 5.54. The molecule has 1 aromatic carbocycles. The highest BCUT2D eigenvalue weighted by Crippen LogP contribution is 2.19. The van der Waals surface area contributed by atoms with Gasteiger partial charge in [-0.3, -0.25) is 24.0 Å². The summed E-state index contributed by atoms with van der Waals surface area (Å²) >= 11 is 0. The lowest BCUT2D eigenvalue weighted by Gasteiger charge is -2.24. The van der Waals surface area contributed by atoms with Crippen molar-refractivity contribution < 1.29 is 49.2 Å². The van der Waals surface area contributed by atoms with E-state index in [0.29, 0.717) is 5.56 Å². The summed E-state index contributed by atoms with van der Waals surface area (Å²) in [4.78, 5) is 74.2. The quantitative estimate of drug-likeness (QED) is 0.119. The van der Waals surface area contributed by atoms with Gasteiger partial charge in [-0.15, -0.1) is 0 Å². The van der Waals surface area contributed by atoms with E-state index in [1.807, 2.05) is 0 Å². The summed E-state index contributed by atoms with van der Waals surface area (Å²) in [6.45, 7) is -0.949. The number of aromatic nitrogens is 1. The molecule has 0 fully saturated rings. The Balaban J connectivity index is 2.22. The van der Waals surface area contributed by atoms with Gasteiger partial charge in [0.1, 0.15) is 18.1 Å². The lowest BCUT2D eigenvalue weighted by molar-refractivity contribution is -0.143.